The van der Waals surface area contributed by atoms with E-state index in [-0.39, 0.29) is 11.3 Å². The summed E-state index contributed by atoms with van der Waals surface area (Å²) < 4.78 is 5.87. The first-order valence-corrected chi connectivity index (χ1v) is 13.6. The SMILES string of the molecule is CCCCCOc1ccc(C2/C(=C(\O)c3cc(C)ccc3C)C(=O)C(=O)N2CCCN(CC)CC)cc1. The van der Waals surface area contributed by atoms with Crippen LogP contribution in [0.5, 0.6) is 5.75 Å². The van der Waals surface area contributed by atoms with Gasteiger partial charge in [0.05, 0.1) is 18.2 Å². The number of aliphatic hydroxyl groups is 1. The summed E-state index contributed by atoms with van der Waals surface area (Å²) in [6, 6.07) is 12.7. The molecule has 2 aromatic carbocycles. The van der Waals surface area contributed by atoms with Gasteiger partial charge in [-0.15, -0.1) is 0 Å². The number of ketones is 1. The van der Waals surface area contributed by atoms with Crippen LogP contribution in [-0.2, 0) is 9.59 Å². The molecule has 1 atom stereocenters. The van der Waals surface area contributed by atoms with E-state index in [0.717, 1.165) is 67.8 Å². The number of aliphatic hydroxyl groups excluding tert-OH is 1. The quantitative estimate of drug-likeness (QED) is 0.156. The van der Waals surface area contributed by atoms with Crippen LogP contribution in [0.4, 0.5) is 0 Å². The van der Waals surface area contributed by atoms with E-state index in [2.05, 4.69) is 25.7 Å². The lowest BCUT2D eigenvalue weighted by Crippen LogP contribution is -2.33. The third-order valence-corrected chi connectivity index (χ3v) is 7.17. The van der Waals surface area contributed by atoms with Crippen LogP contribution in [0.1, 0.15) is 74.8 Å². The highest BCUT2D eigenvalue weighted by Crippen LogP contribution is 2.40. The van der Waals surface area contributed by atoms with Gasteiger partial charge < -0.3 is 19.6 Å². The van der Waals surface area contributed by atoms with E-state index in [0.29, 0.717) is 18.7 Å². The summed E-state index contributed by atoms with van der Waals surface area (Å²) in [5.41, 5.74) is 3.35. The first-order chi connectivity index (χ1) is 17.8. The first kappa shape index (κ1) is 28.5. The highest BCUT2D eigenvalue weighted by atomic mass is 16.5. The van der Waals surface area contributed by atoms with Crippen LogP contribution in [0.15, 0.2) is 48.0 Å². The van der Waals surface area contributed by atoms with E-state index < -0.39 is 17.7 Å². The monoisotopic (exact) mass is 506 g/mol. The number of hydrogen-bond acceptors (Lipinski definition) is 5. The Bertz CT molecular complexity index is 1100. The van der Waals surface area contributed by atoms with Gasteiger partial charge in [0, 0.05) is 12.1 Å². The van der Waals surface area contributed by atoms with Crippen molar-refractivity contribution in [3.05, 3.63) is 70.3 Å². The third kappa shape index (κ3) is 6.80. The summed E-state index contributed by atoms with van der Waals surface area (Å²) in [6.07, 6.45) is 4.00. The number of rotatable bonds is 13. The Morgan fingerprint density at radius 2 is 1.68 bits per heavy atom. The lowest BCUT2D eigenvalue weighted by Gasteiger charge is -2.27. The summed E-state index contributed by atoms with van der Waals surface area (Å²) in [4.78, 5) is 30.5. The highest BCUT2D eigenvalue weighted by Gasteiger charge is 2.46. The number of Topliss-reactive ketones (excluding diaryl/α,β-unsaturated/α-hetero) is 1. The van der Waals surface area contributed by atoms with E-state index in [4.69, 9.17) is 4.74 Å². The zero-order valence-corrected chi connectivity index (χ0v) is 23.0. The lowest BCUT2D eigenvalue weighted by molar-refractivity contribution is -0.140. The first-order valence-electron chi connectivity index (χ1n) is 13.6. The number of ether oxygens (including phenoxy) is 1. The maximum absolute atomic E-state index is 13.3. The van der Waals surface area contributed by atoms with Gasteiger partial charge in [0.2, 0.25) is 0 Å². The number of nitrogens with zero attached hydrogens (tertiary/aromatic N) is 2. The minimum absolute atomic E-state index is 0.115. The molecule has 2 aromatic rings. The summed E-state index contributed by atoms with van der Waals surface area (Å²) in [5, 5.41) is 11.4. The van der Waals surface area contributed by atoms with Crippen molar-refractivity contribution in [1.82, 2.24) is 9.80 Å². The van der Waals surface area contributed by atoms with E-state index in [1.807, 2.05) is 56.3 Å². The van der Waals surface area contributed by atoms with Crippen LogP contribution in [0, 0.1) is 13.8 Å². The van der Waals surface area contributed by atoms with Gasteiger partial charge in [0.25, 0.3) is 11.7 Å². The summed E-state index contributed by atoms with van der Waals surface area (Å²) in [5.74, 6) is -0.550. The molecule has 0 bridgehead atoms. The average molecular weight is 507 g/mol. The normalized spacial score (nSPS) is 17.1. The zero-order valence-electron chi connectivity index (χ0n) is 23.0. The second-order valence-corrected chi connectivity index (χ2v) is 9.82. The van der Waals surface area contributed by atoms with Crippen molar-refractivity contribution in [3.63, 3.8) is 0 Å². The molecule has 3 rings (SSSR count). The summed E-state index contributed by atoms with van der Waals surface area (Å²) >= 11 is 0. The van der Waals surface area contributed by atoms with Crippen molar-refractivity contribution < 1.29 is 19.4 Å². The lowest BCUT2D eigenvalue weighted by atomic mass is 9.93. The van der Waals surface area contributed by atoms with E-state index in [1.54, 1.807) is 4.90 Å². The van der Waals surface area contributed by atoms with E-state index in [9.17, 15) is 14.7 Å². The Labute approximate surface area is 221 Å². The fourth-order valence-corrected chi connectivity index (χ4v) is 4.89. The van der Waals surface area contributed by atoms with E-state index in [1.165, 1.54) is 0 Å². The topological polar surface area (TPSA) is 70.1 Å². The maximum Gasteiger partial charge on any atom is 0.295 e. The molecular formula is C31H42N2O4. The minimum Gasteiger partial charge on any atom is -0.507 e. The molecule has 6 nitrogen and oxygen atoms in total. The Morgan fingerprint density at radius 1 is 0.973 bits per heavy atom. The maximum atomic E-state index is 13.3. The van der Waals surface area contributed by atoms with Gasteiger partial charge in [-0.1, -0.05) is 63.4 Å². The Kier molecular flexibility index (Phi) is 10.3. The molecule has 1 unspecified atom stereocenters. The van der Waals surface area contributed by atoms with Gasteiger partial charge in [-0.25, -0.2) is 0 Å². The van der Waals surface area contributed by atoms with Crippen LogP contribution in [-0.4, -0.2) is 59.4 Å². The second kappa shape index (κ2) is 13.4. The number of unbranched alkanes of at least 4 members (excludes halogenated alkanes) is 2. The predicted molar refractivity (Wildman–Crippen MR) is 149 cm³/mol. The number of carbonyl (C=O) groups is 2. The van der Waals surface area contributed by atoms with Crippen molar-refractivity contribution in [2.24, 2.45) is 0 Å². The van der Waals surface area contributed by atoms with Crippen molar-refractivity contribution in [2.75, 3.05) is 32.8 Å². The van der Waals surface area contributed by atoms with Crippen LogP contribution < -0.4 is 4.74 Å². The van der Waals surface area contributed by atoms with Crippen LogP contribution >= 0.6 is 0 Å². The molecule has 1 N–H and O–H groups in total. The van der Waals surface area contributed by atoms with Gasteiger partial charge >= 0.3 is 0 Å². The minimum atomic E-state index is -0.647. The highest BCUT2D eigenvalue weighted by molar-refractivity contribution is 6.46. The van der Waals surface area contributed by atoms with Crippen molar-refractivity contribution in [2.45, 2.75) is 66.3 Å². The molecule has 1 amide bonds. The Morgan fingerprint density at radius 3 is 2.32 bits per heavy atom. The molecule has 0 saturated carbocycles. The Balaban J connectivity index is 1.98. The number of likely N-dealkylation sites (tertiary alicyclic amines) is 1. The number of aryl methyl sites for hydroxylation is 2. The second-order valence-electron chi connectivity index (χ2n) is 9.82. The molecule has 37 heavy (non-hydrogen) atoms. The molecule has 1 aliphatic rings. The van der Waals surface area contributed by atoms with Crippen molar-refractivity contribution in [3.8, 4) is 5.75 Å². The number of amides is 1. The molecule has 200 valence electrons. The van der Waals surface area contributed by atoms with Gasteiger partial charge in [-0.3, -0.25) is 9.59 Å². The predicted octanol–water partition coefficient (Wildman–Crippen LogP) is 6.03. The van der Waals surface area contributed by atoms with Gasteiger partial charge in [0.15, 0.2) is 0 Å². The molecule has 0 radical (unpaired) electrons. The number of benzene rings is 2. The fraction of sp³-hybridized carbons (Fsp3) is 0.484. The molecule has 6 heteroatoms. The van der Waals surface area contributed by atoms with Crippen molar-refractivity contribution >= 4 is 17.4 Å². The summed E-state index contributed by atoms with van der Waals surface area (Å²) in [7, 11) is 0. The average Bonchev–Trinajstić information content (AvgIpc) is 3.15. The van der Waals surface area contributed by atoms with E-state index >= 15 is 0 Å². The standard InChI is InChI=1S/C31H42N2O4/c1-6-9-10-20-37-25-16-14-24(15-17-25)28-27(29(34)26-21-22(4)12-13-23(26)5)30(35)31(36)33(28)19-11-18-32(7-2)8-3/h12-17,21,28,34H,6-11,18-20H2,1-5H3/b29-27+. The van der Waals surface area contributed by atoms with Gasteiger partial charge in [-0.05, 0) is 75.6 Å². The molecule has 1 fully saturated rings. The fourth-order valence-electron chi connectivity index (χ4n) is 4.89. The molecule has 0 aliphatic carbocycles. The third-order valence-electron chi connectivity index (χ3n) is 7.17. The zero-order chi connectivity index (χ0) is 26.9. The molecule has 0 spiro atoms. The van der Waals surface area contributed by atoms with Crippen molar-refractivity contribution in [1.29, 1.82) is 0 Å². The molecule has 0 aromatic heterocycles. The molecule has 1 aliphatic heterocycles. The smallest absolute Gasteiger partial charge is 0.295 e. The molecular weight excluding hydrogens is 464 g/mol. The number of hydrogen-bond donors (Lipinski definition) is 1. The largest absolute Gasteiger partial charge is 0.507 e. The molecule has 1 saturated heterocycles. The summed E-state index contributed by atoms with van der Waals surface area (Å²) in [6.45, 7) is 14.0. The van der Waals surface area contributed by atoms with Crippen LogP contribution in [0.3, 0.4) is 0 Å². The van der Waals surface area contributed by atoms with Crippen LogP contribution in [0.2, 0.25) is 0 Å². The van der Waals surface area contributed by atoms with Crippen LogP contribution in [0.25, 0.3) is 5.76 Å². The Hall–Kier alpha value is -3.12. The van der Waals surface area contributed by atoms with Gasteiger partial charge in [-0.2, -0.15) is 0 Å². The van der Waals surface area contributed by atoms with Gasteiger partial charge in [0.1, 0.15) is 11.5 Å². The number of carbonyl (C=O) groups excluding carboxylic acids is 2. The molecule has 1 heterocycles.